The highest BCUT2D eigenvalue weighted by atomic mass is 19.1. The van der Waals surface area contributed by atoms with Crippen molar-refractivity contribution in [1.82, 2.24) is 10.6 Å². The summed E-state index contributed by atoms with van der Waals surface area (Å²) < 4.78 is 23.5. The van der Waals surface area contributed by atoms with Crippen molar-refractivity contribution in [2.75, 3.05) is 7.11 Å². The molecule has 1 aromatic carbocycles. The van der Waals surface area contributed by atoms with Crippen LogP contribution in [0.25, 0.3) is 0 Å². The molecule has 0 spiro atoms. The summed E-state index contributed by atoms with van der Waals surface area (Å²) in [5.41, 5.74) is -1.22. The Kier molecular flexibility index (Phi) is 5.08. The third-order valence-corrected chi connectivity index (χ3v) is 3.47. The molecule has 2 amide bonds. The summed E-state index contributed by atoms with van der Waals surface area (Å²) in [7, 11) is 1.35. The SMILES string of the molecule is COc1ccc(CNC(=O)N[C@@](C)(C(=O)O)c2ccco2)cc1F. The van der Waals surface area contributed by atoms with Crippen molar-refractivity contribution >= 4 is 12.0 Å². The Morgan fingerprint density at radius 3 is 2.67 bits per heavy atom. The number of carbonyl (C=O) groups excluding carboxylic acids is 1. The molecule has 0 aliphatic heterocycles. The van der Waals surface area contributed by atoms with Gasteiger partial charge in [-0.2, -0.15) is 0 Å². The minimum atomic E-state index is -1.72. The normalized spacial score (nSPS) is 13.0. The van der Waals surface area contributed by atoms with Gasteiger partial charge in [-0.05, 0) is 36.8 Å². The zero-order valence-electron chi connectivity index (χ0n) is 13.1. The molecule has 0 saturated heterocycles. The van der Waals surface area contributed by atoms with Crippen LogP contribution in [0.3, 0.4) is 0 Å². The molecule has 0 fully saturated rings. The lowest BCUT2D eigenvalue weighted by Gasteiger charge is -2.24. The monoisotopic (exact) mass is 336 g/mol. The van der Waals surface area contributed by atoms with Crippen molar-refractivity contribution in [2.45, 2.75) is 19.0 Å². The van der Waals surface area contributed by atoms with E-state index in [1.807, 2.05) is 0 Å². The Labute approximate surface area is 137 Å². The molecule has 0 radical (unpaired) electrons. The van der Waals surface area contributed by atoms with Gasteiger partial charge in [0.15, 0.2) is 17.1 Å². The highest BCUT2D eigenvalue weighted by Crippen LogP contribution is 2.21. The molecule has 0 aliphatic rings. The average molecular weight is 336 g/mol. The van der Waals surface area contributed by atoms with E-state index in [2.05, 4.69) is 10.6 Å². The first-order valence-electron chi connectivity index (χ1n) is 7.02. The van der Waals surface area contributed by atoms with Crippen LogP contribution in [0, 0.1) is 5.82 Å². The fraction of sp³-hybridized carbons (Fsp3) is 0.250. The van der Waals surface area contributed by atoms with Crippen molar-refractivity contribution < 1.29 is 28.2 Å². The third kappa shape index (κ3) is 3.65. The Balaban J connectivity index is 2.02. The first-order chi connectivity index (χ1) is 11.4. The summed E-state index contributed by atoms with van der Waals surface area (Å²) >= 11 is 0. The van der Waals surface area contributed by atoms with Gasteiger partial charge in [0.25, 0.3) is 0 Å². The first kappa shape index (κ1) is 17.3. The van der Waals surface area contributed by atoms with E-state index in [0.717, 1.165) is 0 Å². The number of carboxylic acid groups (broad SMARTS) is 1. The van der Waals surface area contributed by atoms with Crippen LogP contribution in [0.2, 0.25) is 0 Å². The fourth-order valence-electron chi connectivity index (χ4n) is 2.06. The summed E-state index contributed by atoms with van der Waals surface area (Å²) in [6.45, 7) is 1.32. The summed E-state index contributed by atoms with van der Waals surface area (Å²) in [5, 5.41) is 14.2. The summed E-state index contributed by atoms with van der Waals surface area (Å²) in [6.07, 6.45) is 1.32. The molecule has 128 valence electrons. The average Bonchev–Trinajstić information content (AvgIpc) is 3.07. The van der Waals surface area contributed by atoms with Crippen LogP contribution in [0.15, 0.2) is 41.0 Å². The molecule has 24 heavy (non-hydrogen) atoms. The molecule has 7 nitrogen and oxygen atoms in total. The molecule has 1 atom stereocenters. The summed E-state index contributed by atoms with van der Waals surface area (Å²) in [5.74, 6) is -1.65. The highest BCUT2D eigenvalue weighted by molar-refractivity contribution is 5.86. The number of hydrogen-bond acceptors (Lipinski definition) is 4. The van der Waals surface area contributed by atoms with Crippen LogP contribution in [-0.4, -0.2) is 24.2 Å². The predicted molar refractivity (Wildman–Crippen MR) is 82.0 cm³/mol. The molecule has 2 rings (SSSR count). The van der Waals surface area contributed by atoms with Gasteiger partial charge in [0, 0.05) is 6.54 Å². The Morgan fingerprint density at radius 1 is 1.38 bits per heavy atom. The van der Waals surface area contributed by atoms with Gasteiger partial charge in [0.1, 0.15) is 5.76 Å². The predicted octanol–water partition coefficient (Wildman–Crippen LogP) is 2.23. The molecule has 8 heteroatoms. The van der Waals surface area contributed by atoms with Crippen LogP contribution in [0.1, 0.15) is 18.2 Å². The summed E-state index contributed by atoms with van der Waals surface area (Å²) in [6, 6.07) is 6.50. The van der Waals surface area contributed by atoms with Gasteiger partial charge in [0.05, 0.1) is 13.4 Å². The minimum Gasteiger partial charge on any atom is -0.494 e. The lowest BCUT2D eigenvalue weighted by Crippen LogP contribution is -2.52. The largest absolute Gasteiger partial charge is 0.494 e. The van der Waals surface area contributed by atoms with E-state index in [4.69, 9.17) is 9.15 Å². The van der Waals surface area contributed by atoms with Gasteiger partial charge in [-0.15, -0.1) is 0 Å². The Bertz CT molecular complexity index is 732. The van der Waals surface area contributed by atoms with Crippen LogP contribution >= 0.6 is 0 Å². The van der Waals surface area contributed by atoms with Crippen molar-refractivity contribution in [2.24, 2.45) is 0 Å². The number of nitrogens with one attached hydrogen (secondary N) is 2. The number of carboxylic acids is 1. The van der Waals surface area contributed by atoms with Crippen molar-refractivity contribution in [1.29, 1.82) is 0 Å². The lowest BCUT2D eigenvalue weighted by molar-refractivity contribution is -0.144. The molecule has 0 saturated carbocycles. The van der Waals surface area contributed by atoms with E-state index in [0.29, 0.717) is 5.56 Å². The van der Waals surface area contributed by atoms with Crippen LogP contribution in [0.4, 0.5) is 9.18 Å². The molecule has 0 bridgehead atoms. The van der Waals surface area contributed by atoms with Gasteiger partial charge in [-0.1, -0.05) is 6.07 Å². The van der Waals surface area contributed by atoms with E-state index < -0.39 is 23.4 Å². The quantitative estimate of drug-likeness (QED) is 0.751. The maximum atomic E-state index is 13.6. The molecule has 2 aromatic rings. The molecular weight excluding hydrogens is 319 g/mol. The number of rotatable bonds is 6. The number of carbonyl (C=O) groups is 2. The molecular formula is C16H17FN2O5. The molecule has 1 aromatic heterocycles. The zero-order chi connectivity index (χ0) is 17.7. The van der Waals surface area contributed by atoms with Gasteiger partial charge < -0.3 is 24.9 Å². The van der Waals surface area contributed by atoms with Gasteiger partial charge in [-0.3, -0.25) is 0 Å². The molecule has 3 N–H and O–H groups in total. The van der Waals surface area contributed by atoms with Crippen molar-refractivity contribution in [3.05, 3.63) is 53.7 Å². The number of furan rings is 1. The zero-order valence-corrected chi connectivity index (χ0v) is 13.1. The number of aliphatic carboxylic acids is 1. The highest BCUT2D eigenvalue weighted by Gasteiger charge is 2.39. The lowest BCUT2D eigenvalue weighted by atomic mass is 9.99. The smallest absolute Gasteiger partial charge is 0.337 e. The maximum Gasteiger partial charge on any atom is 0.337 e. The Hall–Kier alpha value is -3.03. The van der Waals surface area contributed by atoms with E-state index in [-0.39, 0.29) is 18.1 Å². The van der Waals surface area contributed by atoms with Gasteiger partial charge in [-0.25, -0.2) is 14.0 Å². The molecule has 0 aliphatic carbocycles. The van der Waals surface area contributed by atoms with E-state index in [1.165, 1.54) is 44.6 Å². The standard InChI is InChI=1S/C16H17FN2O5/c1-16(14(20)21,13-4-3-7-24-13)19-15(22)18-9-10-5-6-12(23-2)11(17)8-10/h3-8H,9H2,1-2H3,(H,20,21)(H2,18,19,22)/t16-/m1/s1. The second-order valence-electron chi connectivity index (χ2n) is 5.18. The third-order valence-electron chi connectivity index (χ3n) is 3.47. The first-order valence-corrected chi connectivity index (χ1v) is 7.02. The van der Waals surface area contributed by atoms with Crippen LogP contribution in [-0.2, 0) is 16.9 Å². The summed E-state index contributed by atoms with van der Waals surface area (Å²) in [4.78, 5) is 23.5. The van der Waals surface area contributed by atoms with E-state index in [1.54, 1.807) is 6.07 Å². The number of methoxy groups -OCH3 is 1. The van der Waals surface area contributed by atoms with Crippen molar-refractivity contribution in [3.8, 4) is 5.75 Å². The number of benzene rings is 1. The van der Waals surface area contributed by atoms with Gasteiger partial charge >= 0.3 is 12.0 Å². The minimum absolute atomic E-state index is 0.0145. The second kappa shape index (κ2) is 7.03. The number of urea groups is 1. The fourth-order valence-corrected chi connectivity index (χ4v) is 2.06. The number of amides is 2. The van der Waals surface area contributed by atoms with Crippen LogP contribution in [0.5, 0.6) is 5.75 Å². The topological polar surface area (TPSA) is 101 Å². The number of ether oxygens (including phenoxy) is 1. The van der Waals surface area contributed by atoms with Crippen molar-refractivity contribution in [3.63, 3.8) is 0 Å². The molecule has 0 unspecified atom stereocenters. The maximum absolute atomic E-state index is 13.6. The number of hydrogen-bond donors (Lipinski definition) is 3. The Morgan fingerprint density at radius 2 is 2.12 bits per heavy atom. The van der Waals surface area contributed by atoms with E-state index >= 15 is 0 Å². The van der Waals surface area contributed by atoms with Crippen LogP contribution < -0.4 is 15.4 Å². The van der Waals surface area contributed by atoms with E-state index in [9.17, 15) is 19.1 Å². The van der Waals surface area contributed by atoms with Gasteiger partial charge in [0.2, 0.25) is 0 Å². The second-order valence-corrected chi connectivity index (χ2v) is 5.18. The molecule has 1 heterocycles. The number of halogens is 1.